The number of nitrogens with zero attached hydrogens (tertiary/aromatic N) is 4. The van der Waals surface area contributed by atoms with Crippen LogP contribution in [-0.2, 0) is 0 Å². The molecule has 186 valence electrons. The monoisotopic (exact) mass is 520 g/mol. The average molecular weight is 521 g/mol. The maximum Gasteiger partial charge on any atom is 0.263 e. The van der Waals surface area contributed by atoms with Crippen LogP contribution in [0.4, 0.5) is 5.82 Å². The Balaban J connectivity index is 1.62. The Bertz CT molecular complexity index is 1910. The zero-order valence-electron chi connectivity index (χ0n) is 20.2. The molecule has 4 aromatic heterocycles. The molecule has 2 aromatic carbocycles. The number of nitrogens with one attached hydrogen (secondary N) is 2. The summed E-state index contributed by atoms with van der Waals surface area (Å²) in [4.78, 5) is 42.5. The first-order valence-corrected chi connectivity index (χ1v) is 12.3. The van der Waals surface area contributed by atoms with Gasteiger partial charge in [0.1, 0.15) is 23.2 Å². The van der Waals surface area contributed by atoms with Crippen LogP contribution >= 0.6 is 11.6 Å². The average Bonchev–Trinajstić information content (AvgIpc) is 2.95. The highest BCUT2D eigenvalue weighted by Crippen LogP contribution is 2.36. The van der Waals surface area contributed by atoms with E-state index in [-0.39, 0.29) is 11.0 Å². The Hall–Kier alpha value is -4.82. The summed E-state index contributed by atoms with van der Waals surface area (Å²) in [6, 6.07) is 19.6. The van der Waals surface area contributed by atoms with E-state index in [1.807, 2.05) is 67.6 Å². The van der Waals surface area contributed by atoms with E-state index in [1.165, 1.54) is 12.4 Å². The number of hydrogen-bond donors (Lipinski definition) is 2. The van der Waals surface area contributed by atoms with Crippen LogP contribution in [0, 0.1) is 0 Å². The molecule has 6 rings (SSSR count). The Morgan fingerprint density at radius 1 is 0.921 bits per heavy atom. The lowest BCUT2D eigenvalue weighted by atomic mass is 9.98. The van der Waals surface area contributed by atoms with Gasteiger partial charge >= 0.3 is 0 Å². The van der Waals surface area contributed by atoms with Gasteiger partial charge < -0.3 is 10.3 Å². The van der Waals surface area contributed by atoms with E-state index in [0.29, 0.717) is 44.0 Å². The summed E-state index contributed by atoms with van der Waals surface area (Å²) in [7, 11) is 0. The number of benzene rings is 2. The van der Waals surface area contributed by atoms with Gasteiger partial charge in [-0.25, -0.2) is 9.97 Å². The molecule has 0 aliphatic carbocycles. The van der Waals surface area contributed by atoms with Crippen molar-refractivity contribution in [2.24, 2.45) is 0 Å². The van der Waals surface area contributed by atoms with Crippen molar-refractivity contribution in [1.29, 1.82) is 0 Å². The summed E-state index contributed by atoms with van der Waals surface area (Å²) in [5.74, 6) is 0.345. The van der Waals surface area contributed by atoms with Crippen molar-refractivity contribution in [1.82, 2.24) is 24.5 Å². The van der Waals surface area contributed by atoms with Gasteiger partial charge in [0.25, 0.3) is 5.56 Å². The van der Waals surface area contributed by atoms with E-state index in [0.717, 1.165) is 11.1 Å². The summed E-state index contributed by atoms with van der Waals surface area (Å²) < 4.78 is 1.63. The minimum absolute atomic E-state index is 0.211. The SMILES string of the molecule is C[C@H](Nc1ncnc2[nH]ccc(=O)c12)c1c(Cl)c2cccc(-c3ccncc3)c2c(=O)n1-c1ccccc1. The van der Waals surface area contributed by atoms with Gasteiger partial charge in [-0.05, 0) is 42.3 Å². The number of pyridine rings is 3. The lowest BCUT2D eigenvalue weighted by molar-refractivity contribution is 0.774. The molecule has 0 aliphatic rings. The first-order chi connectivity index (χ1) is 18.5. The molecule has 1 atom stereocenters. The summed E-state index contributed by atoms with van der Waals surface area (Å²) >= 11 is 7.13. The van der Waals surface area contributed by atoms with Crippen molar-refractivity contribution in [3.63, 3.8) is 0 Å². The Kier molecular flexibility index (Phi) is 5.94. The third kappa shape index (κ3) is 3.91. The molecule has 38 heavy (non-hydrogen) atoms. The lowest BCUT2D eigenvalue weighted by Crippen LogP contribution is -2.27. The lowest BCUT2D eigenvalue weighted by Gasteiger charge is -2.24. The van der Waals surface area contributed by atoms with Gasteiger partial charge in [0.2, 0.25) is 0 Å². The molecule has 6 aromatic rings. The summed E-state index contributed by atoms with van der Waals surface area (Å²) in [6.07, 6.45) is 6.30. The van der Waals surface area contributed by atoms with Crippen LogP contribution in [0.1, 0.15) is 18.7 Å². The molecule has 8 nitrogen and oxygen atoms in total. The van der Waals surface area contributed by atoms with E-state index in [9.17, 15) is 9.59 Å². The molecule has 9 heteroatoms. The van der Waals surface area contributed by atoms with Gasteiger partial charge in [0.15, 0.2) is 5.43 Å². The number of anilines is 1. The molecular formula is C29H21ClN6O2. The molecular weight excluding hydrogens is 500 g/mol. The third-order valence-electron chi connectivity index (χ3n) is 6.50. The fraction of sp³-hybridized carbons (Fsp3) is 0.0690. The zero-order valence-corrected chi connectivity index (χ0v) is 21.0. The Labute approximate surface area is 221 Å². The summed E-state index contributed by atoms with van der Waals surface area (Å²) in [6.45, 7) is 1.88. The minimum Gasteiger partial charge on any atom is -0.361 e. The number of aromatic amines is 1. The minimum atomic E-state index is -0.512. The highest BCUT2D eigenvalue weighted by molar-refractivity contribution is 6.36. The topological polar surface area (TPSA) is 106 Å². The number of para-hydroxylation sites is 1. The first kappa shape index (κ1) is 23.6. The fourth-order valence-corrected chi connectivity index (χ4v) is 5.21. The normalized spacial score (nSPS) is 12.1. The van der Waals surface area contributed by atoms with Crippen LogP contribution in [0.3, 0.4) is 0 Å². The van der Waals surface area contributed by atoms with Crippen LogP contribution < -0.4 is 16.3 Å². The molecule has 2 N–H and O–H groups in total. The number of aromatic nitrogens is 5. The second-order valence-electron chi connectivity index (χ2n) is 8.79. The molecule has 0 aliphatic heterocycles. The van der Waals surface area contributed by atoms with Crippen molar-refractivity contribution in [3.8, 4) is 16.8 Å². The van der Waals surface area contributed by atoms with E-state index < -0.39 is 6.04 Å². The van der Waals surface area contributed by atoms with E-state index >= 15 is 0 Å². The molecule has 0 amide bonds. The van der Waals surface area contributed by atoms with E-state index in [2.05, 4.69) is 25.3 Å². The molecule has 0 saturated heterocycles. The van der Waals surface area contributed by atoms with Crippen molar-refractivity contribution < 1.29 is 0 Å². The van der Waals surface area contributed by atoms with Gasteiger partial charge in [-0.3, -0.25) is 19.1 Å². The standard InChI is InChI=1S/C29H21ClN6O2/c1-17(35-28-24-22(37)12-15-32-27(24)33-16-34-28)26-25(30)21-9-5-8-20(18-10-13-31-14-11-18)23(21)29(38)36(26)19-6-3-2-4-7-19/h2-17H,1H3,(H2,32,33,34,35,37)/t17-/m0/s1. The smallest absolute Gasteiger partial charge is 0.263 e. The molecule has 4 heterocycles. The fourth-order valence-electron chi connectivity index (χ4n) is 4.80. The second-order valence-corrected chi connectivity index (χ2v) is 9.17. The number of halogens is 1. The molecule has 0 radical (unpaired) electrons. The highest BCUT2D eigenvalue weighted by Gasteiger charge is 2.24. The molecule has 0 spiro atoms. The maximum atomic E-state index is 14.3. The summed E-state index contributed by atoms with van der Waals surface area (Å²) in [5, 5.41) is 5.20. The Morgan fingerprint density at radius 3 is 2.50 bits per heavy atom. The van der Waals surface area contributed by atoms with Crippen LogP contribution in [-0.4, -0.2) is 24.5 Å². The summed E-state index contributed by atoms with van der Waals surface area (Å²) in [5.41, 5.74) is 2.82. The van der Waals surface area contributed by atoms with E-state index in [1.54, 1.807) is 23.2 Å². The largest absolute Gasteiger partial charge is 0.361 e. The van der Waals surface area contributed by atoms with Gasteiger partial charge in [0, 0.05) is 35.7 Å². The second kappa shape index (κ2) is 9.57. The zero-order chi connectivity index (χ0) is 26.2. The van der Waals surface area contributed by atoms with Gasteiger partial charge in [0.05, 0.1) is 22.1 Å². The van der Waals surface area contributed by atoms with Crippen molar-refractivity contribution >= 4 is 39.2 Å². The highest BCUT2D eigenvalue weighted by atomic mass is 35.5. The predicted octanol–water partition coefficient (Wildman–Crippen LogP) is 5.51. The van der Waals surface area contributed by atoms with Gasteiger partial charge in [-0.1, -0.05) is 48.0 Å². The number of fused-ring (bicyclic) bond motifs is 2. The quantitative estimate of drug-likeness (QED) is 0.310. The van der Waals surface area contributed by atoms with Crippen molar-refractivity contribution in [2.45, 2.75) is 13.0 Å². The third-order valence-corrected chi connectivity index (χ3v) is 6.90. The van der Waals surface area contributed by atoms with Crippen molar-refractivity contribution in [3.05, 3.63) is 123 Å². The first-order valence-electron chi connectivity index (χ1n) is 12.0. The van der Waals surface area contributed by atoms with Crippen molar-refractivity contribution in [2.75, 3.05) is 5.32 Å². The van der Waals surface area contributed by atoms with E-state index in [4.69, 9.17) is 11.6 Å². The predicted molar refractivity (Wildman–Crippen MR) is 150 cm³/mol. The Morgan fingerprint density at radius 2 is 1.71 bits per heavy atom. The number of hydrogen-bond acceptors (Lipinski definition) is 6. The maximum absolute atomic E-state index is 14.3. The molecule has 0 saturated carbocycles. The van der Waals surface area contributed by atoms with Gasteiger partial charge in [-0.2, -0.15) is 0 Å². The van der Waals surface area contributed by atoms with Crippen LogP contribution in [0.15, 0.2) is 101 Å². The van der Waals surface area contributed by atoms with Crippen LogP contribution in [0.2, 0.25) is 5.02 Å². The van der Waals surface area contributed by atoms with Gasteiger partial charge in [-0.15, -0.1) is 0 Å². The van der Waals surface area contributed by atoms with Crippen LogP contribution in [0.5, 0.6) is 0 Å². The number of rotatable bonds is 5. The number of H-pyrrole nitrogens is 1. The van der Waals surface area contributed by atoms with Crippen LogP contribution in [0.25, 0.3) is 38.6 Å². The molecule has 0 fully saturated rings. The molecule has 0 unspecified atom stereocenters. The molecule has 0 bridgehead atoms.